The molecule has 0 aliphatic heterocycles. The molecule has 5 N–H and O–H groups in total. The van der Waals surface area contributed by atoms with E-state index in [4.69, 9.17) is 16.2 Å². The first-order chi connectivity index (χ1) is 17.6. The summed E-state index contributed by atoms with van der Waals surface area (Å²) in [5, 5.41) is 2.86. The summed E-state index contributed by atoms with van der Waals surface area (Å²) in [7, 11) is 5.37. The summed E-state index contributed by atoms with van der Waals surface area (Å²) >= 11 is 0.772. The Bertz CT molecular complexity index is 1290. The van der Waals surface area contributed by atoms with Gasteiger partial charge in [-0.3, -0.25) is 19.3 Å². The van der Waals surface area contributed by atoms with Gasteiger partial charge in [-0.1, -0.05) is 24.3 Å². The summed E-state index contributed by atoms with van der Waals surface area (Å²) in [6.45, 7) is 4.36. The van der Waals surface area contributed by atoms with Gasteiger partial charge < -0.3 is 26.4 Å². The average Bonchev–Trinajstić information content (AvgIpc) is 3.26. The van der Waals surface area contributed by atoms with Gasteiger partial charge in [0.05, 0.1) is 12.3 Å². The predicted molar refractivity (Wildman–Crippen MR) is 146 cm³/mol. The van der Waals surface area contributed by atoms with Crippen LogP contribution in [0.2, 0.25) is 0 Å². The SMILES string of the molecule is COCCNC(=O)[C@@H](c1ccc(N(C)C)cc1)N(C(=O)c1snc(C(N)=O)c1N)c1cccc(C)c1C. The third-order valence-corrected chi connectivity index (χ3v) is 6.90. The molecule has 0 aliphatic rings. The number of amides is 3. The molecule has 10 nitrogen and oxygen atoms in total. The summed E-state index contributed by atoms with van der Waals surface area (Å²) in [6.07, 6.45) is 0. The second-order valence-electron chi connectivity index (χ2n) is 8.70. The van der Waals surface area contributed by atoms with Crippen LogP contribution in [0.4, 0.5) is 17.1 Å². The fourth-order valence-electron chi connectivity index (χ4n) is 3.85. The largest absolute Gasteiger partial charge is 0.395 e. The van der Waals surface area contributed by atoms with Crippen molar-refractivity contribution < 1.29 is 19.1 Å². The van der Waals surface area contributed by atoms with Gasteiger partial charge in [0.25, 0.3) is 11.8 Å². The van der Waals surface area contributed by atoms with Crippen LogP contribution in [0.3, 0.4) is 0 Å². The molecular formula is C26H32N6O4S. The number of aryl methyl sites for hydroxylation is 1. The monoisotopic (exact) mass is 524 g/mol. The zero-order chi connectivity index (χ0) is 27.3. The van der Waals surface area contributed by atoms with Gasteiger partial charge in [0.2, 0.25) is 5.91 Å². The normalized spacial score (nSPS) is 11.6. The molecular weight excluding hydrogens is 492 g/mol. The number of carbonyl (C=O) groups excluding carboxylic acids is 3. The van der Waals surface area contributed by atoms with E-state index in [-0.39, 0.29) is 22.8 Å². The van der Waals surface area contributed by atoms with E-state index >= 15 is 0 Å². The molecule has 1 atom stereocenters. The number of nitrogen functional groups attached to an aromatic ring is 1. The highest BCUT2D eigenvalue weighted by molar-refractivity contribution is 7.09. The minimum Gasteiger partial charge on any atom is -0.395 e. The van der Waals surface area contributed by atoms with Crippen molar-refractivity contribution in [3.63, 3.8) is 0 Å². The van der Waals surface area contributed by atoms with E-state index in [9.17, 15) is 14.4 Å². The third-order valence-electron chi connectivity index (χ3n) is 6.05. The van der Waals surface area contributed by atoms with Crippen molar-refractivity contribution >= 4 is 46.3 Å². The Morgan fingerprint density at radius 2 is 1.78 bits per heavy atom. The first-order valence-electron chi connectivity index (χ1n) is 11.6. The fraction of sp³-hybridized carbons (Fsp3) is 0.308. The molecule has 0 aliphatic carbocycles. The Hall–Kier alpha value is -3.96. The lowest BCUT2D eigenvalue weighted by Gasteiger charge is -2.33. The number of nitrogens with one attached hydrogen (secondary N) is 1. The van der Waals surface area contributed by atoms with E-state index in [1.54, 1.807) is 13.2 Å². The summed E-state index contributed by atoms with van der Waals surface area (Å²) in [6, 6.07) is 11.8. The second-order valence-corrected chi connectivity index (χ2v) is 9.48. The molecule has 0 fully saturated rings. The lowest BCUT2D eigenvalue weighted by Crippen LogP contribution is -2.45. The Morgan fingerprint density at radius 3 is 2.35 bits per heavy atom. The van der Waals surface area contributed by atoms with Crippen LogP contribution in [0.15, 0.2) is 42.5 Å². The lowest BCUT2D eigenvalue weighted by molar-refractivity contribution is -0.122. The third kappa shape index (κ3) is 5.89. The van der Waals surface area contributed by atoms with Crippen LogP contribution in [0.5, 0.6) is 0 Å². The molecule has 2 aromatic carbocycles. The van der Waals surface area contributed by atoms with Crippen molar-refractivity contribution in [2.45, 2.75) is 19.9 Å². The minimum absolute atomic E-state index is 0.0225. The molecule has 0 saturated carbocycles. The molecule has 3 amide bonds. The molecule has 3 aromatic rings. The number of benzene rings is 2. The molecule has 3 rings (SSSR count). The number of hydrogen-bond donors (Lipinski definition) is 3. The number of nitrogens with zero attached hydrogens (tertiary/aromatic N) is 3. The van der Waals surface area contributed by atoms with Crippen LogP contribution in [0.25, 0.3) is 0 Å². The first kappa shape index (κ1) is 27.6. The van der Waals surface area contributed by atoms with E-state index < -0.39 is 23.8 Å². The molecule has 0 radical (unpaired) electrons. The number of rotatable bonds is 10. The molecule has 11 heteroatoms. The van der Waals surface area contributed by atoms with E-state index in [0.717, 1.165) is 28.3 Å². The van der Waals surface area contributed by atoms with Crippen molar-refractivity contribution in [3.05, 3.63) is 69.7 Å². The first-order valence-corrected chi connectivity index (χ1v) is 12.3. The Balaban J connectivity index is 2.23. The van der Waals surface area contributed by atoms with Gasteiger partial charge in [-0.15, -0.1) is 0 Å². The van der Waals surface area contributed by atoms with Crippen LogP contribution in [0, 0.1) is 13.8 Å². The molecule has 0 saturated heterocycles. The van der Waals surface area contributed by atoms with Crippen molar-refractivity contribution in [2.24, 2.45) is 5.73 Å². The van der Waals surface area contributed by atoms with Gasteiger partial charge in [0, 0.05) is 39.1 Å². The van der Waals surface area contributed by atoms with Gasteiger partial charge in [-0.2, -0.15) is 4.37 Å². The maximum absolute atomic E-state index is 14.1. The van der Waals surface area contributed by atoms with Crippen molar-refractivity contribution in [1.29, 1.82) is 0 Å². The molecule has 0 bridgehead atoms. The molecule has 1 heterocycles. The number of aromatic nitrogens is 1. The smallest absolute Gasteiger partial charge is 0.273 e. The number of primary amides is 1. The summed E-state index contributed by atoms with van der Waals surface area (Å²) in [4.78, 5) is 43.0. The topological polar surface area (TPSA) is 144 Å². The number of carbonyl (C=O) groups is 3. The molecule has 1 aromatic heterocycles. The summed E-state index contributed by atoms with van der Waals surface area (Å²) in [5.41, 5.74) is 15.0. The number of hydrogen-bond acceptors (Lipinski definition) is 8. The quantitative estimate of drug-likeness (QED) is 0.346. The lowest BCUT2D eigenvalue weighted by atomic mass is 9.99. The summed E-state index contributed by atoms with van der Waals surface area (Å²) in [5.74, 6) is -1.80. The maximum atomic E-state index is 14.1. The van der Waals surface area contributed by atoms with E-state index in [0.29, 0.717) is 17.9 Å². The predicted octanol–water partition coefficient (Wildman–Crippen LogP) is 2.66. The molecule has 196 valence electrons. The van der Waals surface area contributed by atoms with Gasteiger partial charge in [0.1, 0.15) is 10.9 Å². The number of anilines is 3. The van der Waals surface area contributed by atoms with Crippen LogP contribution in [-0.4, -0.2) is 56.5 Å². The van der Waals surface area contributed by atoms with Gasteiger partial charge in [-0.25, -0.2) is 0 Å². The van der Waals surface area contributed by atoms with Crippen LogP contribution < -0.4 is 26.6 Å². The number of methoxy groups -OCH3 is 1. The Morgan fingerprint density at radius 1 is 1.11 bits per heavy atom. The molecule has 37 heavy (non-hydrogen) atoms. The summed E-state index contributed by atoms with van der Waals surface area (Å²) < 4.78 is 9.08. The average molecular weight is 525 g/mol. The fourth-order valence-corrected chi connectivity index (χ4v) is 4.59. The highest BCUT2D eigenvalue weighted by Crippen LogP contribution is 2.36. The highest BCUT2D eigenvalue weighted by Gasteiger charge is 2.36. The van der Waals surface area contributed by atoms with Crippen molar-refractivity contribution in [2.75, 3.05) is 49.9 Å². The number of ether oxygens (including phenoxy) is 1. The maximum Gasteiger partial charge on any atom is 0.273 e. The number of nitrogens with two attached hydrogens (primary N) is 2. The molecule has 0 spiro atoms. The second kappa shape index (κ2) is 11.8. The van der Waals surface area contributed by atoms with Crippen LogP contribution in [-0.2, 0) is 9.53 Å². The zero-order valence-corrected chi connectivity index (χ0v) is 22.4. The Kier molecular flexibility index (Phi) is 8.85. The van der Waals surface area contributed by atoms with Crippen molar-refractivity contribution in [1.82, 2.24) is 9.69 Å². The standard InChI is InChI=1S/C26H32N6O4S/c1-15-7-6-8-19(16(15)2)32(26(35)23-20(27)21(24(28)33)30-37-23)22(25(34)29-13-14-36-5)17-9-11-18(12-10-17)31(3)4/h6-12,22H,13-14,27H2,1-5H3,(H2,28,33)(H,29,34)/t22-/m1/s1. The van der Waals surface area contributed by atoms with Gasteiger partial charge in [0.15, 0.2) is 5.69 Å². The van der Waals surface area contributed by atoms with E-state index in [1.165, 1.54) is 4.90 Å². The highest BCUT2D eigenvalue weighted by atomic mass is 32.1. The molecule has 0 unspecified atom stereocenters. The van der Waals surface area contributed by atoms with E-state index in [2.05, 4.69) is 9.69 Å². The Labute approximate surface area is 220 Å². The van der Waals surface area contributed by atoms with Crippen molar-refractivity contribution in [3.8, 4) is 0 Å². The van der Waals surface area contributed by atoms with Crippen LogP contribution >= 0.6 is 11.5 Å². The van der Waals surface area contributed by atoms with Gasteiger partial charge >= 0.3 is 0 Å². The van der Waals surface area contributed by atoms with Gasteiger partial charge in [-0.05, 0) is 60.3 Å². The van der Waals surface area contributed by atoms with E-state index in [1.807, 2.05) is 69.2 Å². The minimum atomic E-state index is -1.06. The van der Waals surface area contributed by atoms with Crippen LogP contribution in [0.1, 0.15) is 42.9 Å². The zero-order valence-electron chi connectivity index (χ0n) is 21.6.